The summed E-state index contributed by atoms with van der Waals surface area (Å²) in [6.07, 6.45) is 6.61. The molecule has 1 saturated heterocycles. The molecule has 26 heavy (non-hydrogen) atoms. The maximum absolute atomic E-state index is 11.7. The first kappa shape index (κ1) is 19.4. The van der Waals surface area contributed by atoms with E-state index in [0.717, 1.165) is 6.42 Å². The Morgan fingerprint density at radius 2 is 2.04 bits per heavy atom. The molecule has 1 aliphatic heterocycles. The van der Waals surface area contributed by atoms with E-state index < -0.39 is 0 Å². The van der Waals surface area contributed by atoms with Crippen molar-refractivity contribution in [2.24, 2.45) is 34.5 Å². The first-order valence-electron chi connectivity index (χ1n) is 10.1. The van der Waals surface area contributed by atoms with Crippen molar-refractivity contribution in [1.29, 1.82) is 0 Å². The van der Waals surface area contributed by atoms with E-state index >= 15 is 0 Å². The predicted molar refractivity (Wildman–Crippen MR) is 100 cm³/mol. The van der Waals surface area contributed by atoms with Crippen molar-refractivity contribution >= 4 is 11.9 Å². The Balaban J connectivity index is 1.82. The zero-order chi connectivity index (χ0) is 19.1. The van der Waals surface area contributed by atoms with Crippen LogP contribution in [-0.4, -0.2) is 25.2 Å². The van der Waals surface area contributed by atoms with Crippen molar-refractivity contribution < 1.29 is 19.1 Å². The minimum absolute atomic E-state index is 0.0102. The molecular weight excluding hydrogens is 328 g/mol. The topological polar surface area (TPSA) is 52.6 Å². The van der Waals surface area contributed by atoms with Gasteiger partial charge in [-0.3, -0.25) is 9.59 Å². The second kappa shape index (κ2) is 7.01. The van der Waals surface area contributed by atoms with Gasteiger partial charge in [0.15, 0.2) is 0 Å². The fraction of sp³-hybridized carbons (Fsp3) is 0.818. The Bertz CT molecular complexity index is 593. The molecule has 0 N–H and O–H groups in total. The summed E-state index contributed by atoms with van der Waals surface area (Å²) >= 11 is 0. The molecule has 5 atom stereocenters. The van der Waals surface area contributed by atoms with Gasteiger partial charge in [-0.25, -0.2) is 0 Å². The molecule has 0 spiro atoms. The van der Waals surface area contributed by atoms with E-state index in [0.29, 0.717) is 36.9 Å². The van der Waals surface area contributed by atoms with Crippen molar-refractivity contribution in [3.8, 4) is 0 Å². The third-order valence-electron chi connectivity index (χ3n) is 7.66. The summed E-state index contributed by atoms with van der Waals surface area (Å²) in [6, 6.07) is 0. The van der Waals surface area contributed by atoms with Crippen LogP contribution in [0.1, 0.15) is 66.2 Å². The standard InChI is InChI=1S/C22H34O4/c1-14(17(13-25-15(2)23)16-11-20(24)26-12-16)18-7-8-19-21(3,4)9-6-10-22(18,19)5/h16-19H,1,6-13H2,2-5H3/t16?,17?,18-,19+,22-/m1/s1. The summed E-state index contributed by atoms with van der Waals surface area (Å²) in [4.78, 5) is 23.1. The van der Waals surface area contributed by atoms with Gasteiger partial charge in [-0.1, -0.05) is 39.3 Å². The fourth-order valence-corrected chi connectivity index (χ4v) is 6.38. The molecule has 0 bridgehead atoms. The Morgan fingerprint density at radius 3 is 2.65 bits per heavy atom. The van der Waals surface area contributed by atoms with E-state index in [-0.39, 0.29) is 29.2 Å². The van der Waals surface area contributed by atoms with Crippen LogP contribution in [0.15, 0.2) is 12.2 Å². The Morgan fingerprint density at radius 1 is 1.31 bits per heavy atom. The number of hydrogen-bond acceptors (Lipinski definition) is 4. The molecule has 3 aliphatic rings. The van der Waals surface area contributed by atoms with Crippen LogP contribution in [0.25, 0.3) is 0 Å². The molecule has 146 valence electrons. The highest BCUT2D eigenvalue weighted by Gasteiger charge is 2.55. The van der Waals surface area contributed by atoms with Crippen molar-refractivity contribution in [3.05, 3.63) is 12.2 Å². The summed E-state index contributed by atoms with van der Waals surface area (Å²) in [5, 5.41) is 0. The van der Waals surface area contributed by atoms with Gasteiger partial charge < -0.3 is 9.47 Å². The summed E-state index contributed by atoms with van der Waals surface area (Å²) in [5.41, 5.74) is 1.81. The first-order valence-corrected chi connectivity index (χ1v) is 10.1. The number of fused-ring (bicyclic) bond motifs is 1. The molecule has 0 aromatic rings. The zero-order valence-corrected chi connectivity index (χ0v) is 16.8. The largest absolute Gasteiger partial charge is 0.465 e. The normalized spacial score (nSPS) is 36.9. The van der Waals surface area contributed by atoms with Gasteiger partial charge in [0.05, 0.1) is 19.6 Å². The summed E-state index contributed by atoms with van der Waals surface area (Å²) in [6.45, 7) is 14.0. The van der Waals surface area contributed by atoms with Crippen LogP contribution in [0.4, 0.5) is 0 Å². The maximum atomic E-state index is 11.7. The Labute approximate surface area is 157 Å². The van der Waals surface area contributed by atoms with E-state index in [1.807, 2.05) is 0 Å². The number of carbonyl (C=O) groups is 2. The van der Waals surface area contributed by atoms with Gasteiger partial charge in [0.2, 0.25) is 0 Å². The van der Waals surface area contributed by atoms with Gasteiger partial charge in [-0.2, -0.15) is 0 Å². The molecule has 4 nitrogen and oxygen atoms in total. The Hall–Kier alpha value is -1.32. The second-order valence-electron chi connectivity index (χ2n) is 9.66. The molecule has 1 heterocycles. The minimum atomic E-state index is -0.276. The minimum Gasteiger partial charge on any atom is -0.465 e. The highest BCUT2D eigenvalue weighted by Crippen LogP contribution is 2.64. The summed E-state index contributed by atoms with van der Waals surface area (Å²) in [5.74, 6) is 0.807. The SMILES string of the molecule is C=C(C(COC(C)=O)C1COC(=O)C1)[C@H]1CC[C@H]2C(C)(C)CCC[C@]12C. The number of hydrogen-bond donors (Lipinski definition) is 0. The smallest absolute Gasteiger partial charge is 0.306 e. The van der Waals surface area contributed by atoms with Crippen LogP contribution in [-0.2, 0) is 19.1 Å². The molecule has 2 unspecified atom stereocenters. The molecule has 3 rings (SSSR count). The van der Waals surface area contributed by atoms with Gasteiger partial charge in [-0.15, -0.1) is 0 Å². The summed E-state index contributed by atoms with van der Waals surface area (Å²) < 4.78 is 10.6. The molecule has 0 aromatic carbocycles. The summed E-state index contributed by atoms with van der Waals surface area (Å²) in [7, 11) is 0. The second-order valence-corrected chi connectivity index (χ2v) is 9.66. The molecule has 2 aliphatic carbocycles. The number of rotatable bonds is 5. The van der Waals surface area contributed by atoms with E-state index in [1.54, 1.807) is 0 Å². The van der Waals surface area contributed by atoms with E-state index in [2.05, 4.69) is 27.4 Å². The molecule has 4 heteroatoms. The molecule has 3 fully saturated rings. The molecule has 0 aromatic heterocycles. The van der Waals surface area contributed by atoms with Crippen LogP contribution in [0.2, 0.25) is 0 Å². The molecule has 2 saturated carbocycles. The number of carbonyl (C=O) groups excluding carboxylic acids is 2. The first-order chi connectivity index (χ1) is 12.1. The van der Waals surface area contributed by atoms with Crippen molar-refractivity contribution in [2.45, 2.75) is 66.2 Å². The van der Waals surface area contributed by atoms with Crippen LogP contribution in [0.3, 0.4) is 0 Å². The molecular formula is C22H34O4. The molecule has 0 radical (unpaired) electrons. The lowest BCUT2D eigenvalue weighted by atomic mass is 9.54. The van der Waals surface area contributed by atoms with Crippen LogP contribution >= 0.6 is 0 Å². The van der Waals surface area contributed by atoms with Crippen LogP contribution < -0.4 is 0 Å². The average Bonchev–Trinajstić information content (AvgIpc) is 3.11. The predicted octanol–water partition coefficient (Wildman–Crippen LogP) is 4.53. The maximum Gasteiger partial charge on any atom is 0.306 e. The number of esters is 2. The lowest BCUT2D eigenvalue weighted by Gasteiger charge is -2.50. The van der Waals surface area contributed by atoms with Crippen LogP contribution in [0.5, 0.6) is 0 Å². The van der Waals surface area contributed by atoms with Crippen molar-refractivity contribution in [2.75, 3.05) is 13.2 Å². The lowest BCUT2D eigenvalue weighted by molar-refractivity contribution is -0.142. The average molecular weight is 363 g/mol. The highest BCUT2D eigenvalue weighted by molar-refractivity contribution is 5.71. The van der Waals surface area contributed by atoms with E-state index in [4.69, 9.17) is 9.47 Å². The third-order valence-corrected chi connectivity index (χ3v) is 7.66. The van der Waals surface area contributed by atoms with E-state index in [1.165, 1.54) is 38.2 Å². The highest BCUT2D eigenvalue weighted by atomic mass is 16.5. The van der Waals surface area contributed by atoms with Gasteiger partial charge in [-0.05, 0) is 48.3 Å². The van der Waals surface area contributed by atoms with Gasteiger partial charge >= 0.3 is 11.9 Å². The lowest BCUT2D eigenvalue weighted by Crippen LogP contribution is -2.43. The van der Waals surface area contributed by atoms with Crippen LogP contribution in [0, 0.1) is 34.5 Å². The fourth-order valence-electron chi connectivity index (χ4n) is 6.38. The number of cyclic esters (lactones) is 1. The monoisotopic (exact) mass is 362 g/mol. The van der Waals surface area contributed by atoms with Gasteiger partial charge in [0.1, 0.15) is 0 Å². The van der Waals surface area contributed by atoms with Gasteiger partial charge in [0, 0.05) is 18.8 Å². The number of ether oxygens (including phenoxy) is 2. The third kappa shape index (κ3) is 3.44. The zero-order valence-electron chi connectivity index (χ0n) is 16.8. The van der Waals surface area contributed by atoms with Crippen molar-refractivity contribution in [1.82, 2.24) is 0 Å². The van der Waals surface area contributed by atoms with Crippen molar-refractivity contribution in [3.63, 3.8) is 0 Å². The Kier molecular flexibility index (Phi) is 5.24. The molecule has 0 amide bonds. The quantitative estimate of drug-likeness (QED) is 0.533. The van der Waals surface area contributed by atoms with E-state index in [9.17, 15) is 9.59 Å². The van der Waals surface area contributed by atoms with Gasteiger partial charge in [0.25, 0.3) is 0 Å².